The smallest absolute Gasteiger partial charge is 0.425 e. The van der Waals surface area contributed by atoms with Crippen LogP contribution in [-0.4, -0.2) is 96.2 Å². The number of methoxy groups -OCH3 is 2. The molecule has 378 valence electrons. The van der Waals surface area contributed by atoms with Crippen LogP contribution in [0.5, 0.6) is 17.4 Å². The molecule has 3 fully saturated rings. The molecule has 0 N–H and O–H groups in total. The molecule has 11 rings (SSSR count). The lowest BCUT2D eigenvalue weighted by Crippen LogP contribution is -2.38. The van der Waals surface area contributed by atoms with Crippen molar-refractivity contribution in [1.82, 2.24) is 24.2 Å². The molecule has 0 bridgehead atoms. The van der Waals surface area contributed by atoms with Gasteiger partial charge in [-0.2, -0.15) is 4.98 Å². The van der Waals surface area contributed by atoms with Gasteiger partial charge in [-0.3, -0.25) is 4.57 Å². The minimum absolute atomic E-state index is 0.0197. The fourth-order valence-corrected chi connectivity index (χ4v) is 13.7. The summed E-state index contributed by atoms with van der Waals surface area (Å²) in [5.41, 5.74) is 3.18. The van der Waals surface area contributed by atoms with E-state index in [-0.39, 0.29) is 34.7 Å². The maximum atomic E-state index is 14.1. The normalized spacial score (nSPS) is 20.8. The van der Waals surface area contributed by atoms with E-state index in [0.29, 0.717) is 41.5 Å². The number of amides is 1. The Morgan fingerprint density at radius 2 is 1.31 bits per heavy atom. The Morgan fingerprint density at radius 1 is 0.730 bits per heavy atom. The molecule has 3 saturated heterocycles. The third-order valence-electron chi connectivity index (χ3n) is 13.7. The van der Waals surface area contributed by atoms with E-state index in [1.807, 2.05) is 140 Å². The van der Waals surface area contributed by atoms with Gasteiger partial charge in [0.1, 0.15) is 35.8 Å². The summed E-state index contributed by atoms with van der Waals surface area (Å²) in [5, 5.41) is 0. The fourth-order valence-electron chi connectivity index (χ4n) is 10.1. The molecule has 5 heterocycles. The van der Waals surface area contributed by atoms with Gasteiger partial charge < -0.3 is 32.7 Å². The molecule has 0 radical (unpaired) electrons. The molecule has 0 unspecified atom stereocenters. The zero-order chi connectivity index (χ0) is 50.7. The number of rotatable bonds is 17. The maximum absolute atomic E-state index is 14.1. The third-order valence-corrected chi connectivity index (χ3v) is 17.3. The first-order chi connectivity index (χ1) is 36.2. The van der Waals surface area contributed by atoms with E-state index < -0.39 is 54.6 Å². The molecule has 8 aromatic rings. The van der Waals surface area contributed by atoms with Gasteiger partial charge in [-0.25, -0.2) is 32.8 Å². The summed E-state index contributed by atoms with van der Waals surface area (Å²) in [5.74, 6) is 1.16. The average molecular weight is 1030 g/mol. The highest BCUT2D eigenvalue weighted by Crippen LogP contribution is 2.58. The van der Waals surface area contributed by atoms with Gasteiger partial charge >= 0.3 is 6.09 Å². The third kappa shape index (κ3) is 9.75. The van der Waals surface area contributed by atoms with Crippen molar-refractivity contribution >= 4 is 47.0 Å². The number of benzene rings is 6. The van der Waals surface area contributed by atoms with E-state index in [9.17, 15) is 13.2 Å². The van der Waals surface area contributed by atoms with Crippen LogP contribution in [0.4, 0.5) is 16.2 Å². The number of hydrogen-bond acceptors (Lipinski definition) is 14. The van der Waals surface area contributed by atoms with Crippen molar-refractivity contribution < 1.29 is 45.9 Å². The van der Waals surface area contributed by atoms with Crippen molar-refractivity contribution in [2.24, 2.45) is 0 Å². The Bertz CT molecular complexity index is 3200. The summed E-state index contributed by atoms with van der Waals surface area (Å²) in [6.45, 7) is 0.713. The minimum Gasteiger partial charge on any atom is -0.497 e. The Morgan fingerprint density at radius 3 is 1.92 bits per heavy atom. The monoisotopic (exact) mass is 1030 g/mol. The van der Waals surface area contributed by atoms with Crippen molar-refractivity contribution in [3.05, 3.63) is 199 Å². The first-order valence-corrected chi connectivity index (χ1v) is 27.1. The number of sulfone groups is 1. The zero-order valence-electron chi connectivity index (χ0n) is 40.6. The highest BCUT2D eigenvalue weighted by molar-refractivity contribution is 7.91. The predicted octanol–water partition coefficient (Wildman–Crippen LogP) is 10.4. The summed E-state index contributed by atoms with van der Waals surface area (Å²) in [6.07, 6.45) is 1.50. The van der Waals surface area contributed by atoms with Gasteiger partial charge in [0, 0.05) is 19.0 Å². The standard InChI is InChI=1S/C56H53N6O10PS/c1-66-44-29-25-40(26-30-44)56(39-16-7-3-8-17-39,41-27-31-45(67-2)32-28-41)68-35-49-48(71-73-61-33-15-24-47(61)50(72-73)36-74(64,65)46-22-13-6-14-23-46)34-51(69-49)60-38-59-52-53(60)57-37-58-54(52)70-55(63)62(42-18-9-4-10-19-42)43-20-11-5-12-21-43/h3-14,16-23,25-32,37-38,47-51H,15,24,33-36H2,1-2H3/t47-,48+,49-,50+,51-,73+/m1/s1. The van der Waals surface area contributed by atoms with Crippen molar-refractivity contribution in [1.29, 1.82) is 0 Å². The molecule has 6 atom stereocenters. The number of ether oxygens (including phenoxy) is 5. The second-order valence-corrected chi connectivity index (χ2v) is 21.5. The highest BCUT2D eigenvalue weighted by Gasteiger charge is 2.51. The largest absolute Gasteiger partial charge is 0.497 e. The van der Waals surface area contributed by atoms with Crippen LogP contribution in [-0.2, 0) is 34.0 Å². The molecular formula is C56H53N6O10PS. The topological polar surface area (TPSA) is 166 Å². The van der Waals surface area contributed by atoms with Crippen LogP contribution in [0.1, 0.15) is 42.2 Å². The van der Waals surface area contributed by atoms with Gasteiger partial charge in [0.2, 0.25) is 0 Å². The maximum Gasteiger partial charge on any atom is 0.425 e. The van der Waals surface area contributed by atoms with Crippen molar-refractivity contribution in [2.75, 3.05) is 38.0 Å². The van der Waals surface area contributed by atoms with E-state index in [2.05, 4.69) is 14.6 Å². The minimum atomic E-state index is -3.67. The van der Waals surface area contributed by atoms with Crippen LogP contribution in [0.15, 0.2) is 187 Å². The van der Waals surface area contributed by atoms with E-state index in [0.717, 1.165) is 29.5 Å². The second kappa shape index (κ2) is 21.4. The van der Waals surface area contributed by atoms with Crippen LogP contribution in [0, 0.1) is 0 Å². The molecule has 3 aliphatic heterocycles. The van der Waals surface area contributed by atoms with E-state index in [1.165, 1.54) is 11.2 Å². The van der Waals surface area contributed by atoms with E-state index in [4.69, 9.17) is 37.7 Å². The molecule has 18 heteroatoms. The van der Waals surface area contributed by atoms with Crippen LogP contribution in [0.3, 0.4) is 0 Å². The Hall–Kier alpha value is -7.08. The van der Waals surface area contributed by atoms with Crippen LogP contribution >= 0.6 is 8.53 Å². The lowest BCUT2D eigenvalue weighted by Gasteiger charge is -2.37. The van der Waals surface area contributed by atoms with Crippen molar-refractivity contribution in [3.63, 3.8) is 0 Å². The van der Waals surface area contributed by atoms with Gasteiger partial charge in [0.25, 0.3) is 14.4 Å². The summed E-state index contributed by atoms with van der Waals surface area (Å²) in [7, 11) is -2.16. The lowest BCUT2D eigenvalue weighted by molar-refractivity contribution is -0.0906. The molecule has 0 saturated carbocycles. The number of anilines is 2. The Kier molecular flexibility index (Phi) is 14.2. The van der Waals surface area contributed by atoms with E-state index >= 15 is 0 Å². The number of hydrogen-bond donors (Lipinski definition) is 0. The van der Waals surface area contributed by atoms with Crippen molar-refractivity contribution in [2.45, 2.75) is 60.3 Å². The first kappa shape index (κ1) is 49.1. The summed E-state index contributed by atoms with van der Waals surface area (Å²) >= 11 is 0. The fraction of sp³-hybridized carbons (Fsp3) is 0.250. The molecule has 0 spiro atoms. The molecule has 2 aromatic heterocycles. The van der Waals surface area contributed by atoms with Gasteiger partial charge in [-0.15, -0.1) is 0 Å². The molecule has 16 nitrogen and oxygen atoms in total. The van der Waals surface area contributed by atoms with E-state index in [1.54, 1.807) is 55.4 Å². The summed E-state index contributed by atoms with van der Waals surface area (Å²) in [4.78, 5) is 29.6. The number of imidazole rings is 1. The number of aromatic nitrogens is 4. The van der Waals surface area contributed by atoms with Gasteiger partial charge in [0.15, 0.2) is 21.0 Å². The number of nitrogens with zero attached hydrogens (tertiary/aromatic N) is 6. The lowest BCUT2D eigenvalue weighted by atomic mass is 9.80. The molecule has 3 aliphatic rings. The SMILES string of the molecule is COc1ccc(C(OC[C@H]2O[C@@H](n3cnc4c(OC(=O)N(c5ccccc5)c5ccccc5)ncnc43)C[C@@H]2O[P@@]2O[C@@H](CS(=O)(=O)c3ccccc3)[C@H]3CCCN32)(c2ccccc2)c2ccc(OC)cc2)cc1. The second-order valence-electron chi connectivity index (χ2n) is 18.1. The number of fused-ring (bicyclic) bond motifs is 2. The van der Waals surface area contributed by atoms with Crippen molar-refractivity contribution in [3.8, 4) is 17.4 Å². The van der Waals surface area contributed by atoms with Gasteiger partial charge in [-0.1, -0.05) is 109 Å². The predicted molar refractivity (Wildman–Crippen MR) is 278 cm³/mol. The van der Waals surface area contributed by atoms with Gasteiger partial charge in [0.05, 0.1) is 61.4 Å². The van der Waals surface area contributed by atoms with Crippen LogP contribution in [0.25, 0.3) is 11.2 Å². The highest BCUT2D eigenvalue weighted by atomic mass is 32.2. The zero-order valence-corrected chi connectivity index (χ0v) is 42.3. The van der Waals surface area contributed by atoms with Crippen LogP contribution in [0.2, 0.25) is 0 Å². The Labute approximate surface area is 430 Å². The molecule has 0 aliphatic carbocycles. The Balaban J connectivity index is 0.936. The quantitative estimate of drug-likeness (QED) is 0.0624. The molecule has 74 heavy (non-hydrogen) atoms. The number of carbonyl (C=O) groups is 1. The molecule has 1 amide bonds. The number of para-hydroxylation sites is 2. The van der Waals surface area contributed by atoms with Crippen LogP contribution < -0.4 is 19.1 Å². The average Bonchev–Trinajstić information content (AvgIpc) is 4.27. The molecular weight excluding hydrogens is 980 g/mol. The van der Waals surface area contributed by atoms with Gasteiger partial charge in [-0.05, 0) is 90.2 Å². The first-order valence-electron chi connectivity index (χ1n) is 24.3. The molecule has 6 aromatic carbocycles. The summed E-state index contributed by atoms with van der Waals surface area (Å²) in [6, 6.07) is 52.4. The number of carbonyl (C=O) groups excluding carboxylic acids is 1. The summed E-state index contributed by atoms with van der Waals surface area (Å²) < 4.78 is 77.1.